The molecular formula is C10H12BrIO3S. The zero-order valence-electron chi connectivity index (χ0n) is 8.81. The zero-order chi connectivity index (χ0) is 12.6. The van der Waals surface area contributed by atoms with Gasteiger partial charge in [-0.2, -0.15) is 0 Å². The molecule has 16 heavy (non-hydrogen) atoms. The van der Waals surface area contributed by atoms with E-state index in [1.165, 1.54) is 0 Å². The summed E-state index contributed by atoms with van der Waals surface area (Å²) in [6.07, 6.45) is -0.0142. The molecule has 0 radical (unpaired) electrons. The Balaban J connectivity index is 3.23. The van der Waals surface area contributed by atoms with Gasteiger partial charge in [0.1, 0.15) is 6.10 Å². The SMILES string of the molecule is Cc1ccccc1[C@@H](O)[C@@](Br)(I)S(C)(=O)=O. The second-order valence-corrected chi connectivity index (χ2v) is 11.5. The van der Waals surface area contributed by atoms with E-state index in [9.17, 15) is 13.5 Å². The third-order valence-corrected chi connectivity index (χ3v) is 8.70. The van der Waals surface area contributed by atoms with E-state index in [-0.39, 0.29) is 0 Å². The zero-order valence-corrected chi connectivity index (χ0v) is 13.4. The highest BCUT2D eigenvalue weighted by Gasteiger charge is 2.43. The van der Waals surface area contributed by atoms with Crippen molar-refractivity contribution in [1.82, 2.24) is 0 Å². The molecule has 1 aromatic rings. The maximum Gasteiger partial charge on any atom is 0.206 e. The first-order valence-corrected chi connectivity index (χ1v) is 8.25. The lowest BCUT2D eigenvalue weighted by Crippen LogP contribution is -2.31. The Hall–Kier alpha value is 0.340. The first kappa shape index (κ1) is 14.4. The van der Waals surface area contributed by atoms with Gasteiger partial charge in [0.2, 0.25) is 1.66 Å². The molecule has 6 heteroatoms. The number of sulfone groups is 1. The van der Waals surface area contributed by atoms with E-state index in [0.717, 1.165) is 11.8 Å². The van der Waals surface area contributed by atoms with Crippen LogP contribution < -0.4 is 0 Å². The minimum atomic E-state index is -3.41. The van der Waals surface area contributed by atoms with E-state index >= 15 is 0 Å². The van der Waals surface area contributed by atoms with E-state index in [0.29, 0.717) is 5.56 Å². The van der Waals surface area contributed by atoms with E-state index in [2.05, 4.69) is 15.9 Å². The molecule has 0 saturated carbocycles. The average molecular weight is 419 g/mol. The molecule has 3 nitrogen and oxygen atoms in total. The van der Waals surface area contributed by atoms with Crippen molar-refractivity contribution in [1.29, 1.82) is 0 Å². The van der Waals surface area contributed by atoms with Crippen LogP contribution >= 0.6 is 38.5 Å². The van der Waals surface area contributed by atoms with Crippen molar-refractivity contribution >= 4 is 48.4 Å². The lowest BCUT2D eigenvalue weighted by Gasteiger charge is -2.26. The summed E-state index contributed by atoms with van der Waals surface area (Å²) in [7, 11) is -3.41. The third-order valence-electron chi connectivity index (χ3n) is 2.30. The molecule has 0 saturated heterocycles. The van der Waals surface area contributed by atoms with Gasteiger partial charge in [-0.25, -0.2) is 8.42 Å². The molecule has 0 spiro atoms. The number of hydrogen-bond acceptors (Lipinski definition) is 3. The fourth-order valence-electron chi connectivity index (χ4n) is 1.28. The van der Waals surface area contributed by atoms with Gasteiger partial charge >= 0.3 is 0 Å². The molecule has 0 amide bonds. The lowest BCUT2D eigenvalue weighted by molar-refractivity contribution is 0.190. The summed E-state index contributed by atoms with van der Waals surface area (Å²) in [4.78, 5) is 0. The number of hydrogen-bond donors (Lipinski definition) is 1. The van der Waals surface area contributed by atoms with Crippen LogP contribution in [0.2, 0.25) is 0 Å². The standard InChI is InChI=1S/C10H12BrIO3S/c1-7-5-3-4-6-8(7)9(13)10(11,12)16(2,14)15/h3-6,9,13H,1-2H3/t9-,10-/m1/s1. The monoisotopic (exact) mass is 418 g/mol. The van der Waals surface area contributed by atoms with E-state index in [4.69, 9.17) is 0 Å². The quantitative estimate of drug-likeness (QED) is 0.606. The summed E-state index contributed by atoms with van der Waals surface area (Å²) >= 11 is 4.79. The molecule has 0 aliphatic carbocycles. The Morgan fingerprint density at radius 1 is 1.44 bits per heavy atom. The van der Waals surface area contributed by atoms with E-state index in [1.807, 2.05) is 19.1 Å². The van der Waals surface area contributed by atoms with Gasteiger partial charge in [0.05, 0.1) is 0 Å². The van der Waals surface area contributed by atoms with Gasteiger partial charge in [0.15, 0.2) is 9.84 Å². The summed E-state index contributed by atoms with van der Waals surface area (Å²) in [6, 6.07) is 7.17. The highest BCUT2D eigenvalue weighted by molar-refractivity contribution is 14.1. The van der Waals surface area contributed by atoms with Crippen LogP contribution in [-0.4, -0.2) is 21.4 Å². The van der Waals surface area contributed by atoms with Crippen molar-refractivity contribution in [3.63, 3.8) is 0 Å². The van der Waals surface area contributed by atoms with Crippen LogP contribution in [0, 0.1) is 6.92 Å². The van der Waals surface area contributed by atoms with Gasteiger partial charge < -0.3 is 5.11 Å². The average Bonchev–Trinajstić information content (AvgIpc) is 2.15. The summed E-state index contributed by atoms with van der Waals surface area (Å²) in [5.41, 5.74) is 1.47. The van der Waals surface area contributed by atoms with Crippen molar-refractivity contribution < 1.29 is 13.5 Å². The van der Waals surface area contributed by atoms with E-state index < -0.39 is 17.6 Å². The van der Waals surface area contributed by atoms with Gasteiger partial charge in [-0.1, -0.05) is 40.2 Å². The molecule has 0 bridgehead atoms. The van der Waals surface area contributed by atoms with Gasteiger partial charge in [0, 0.05) is 6.26 Å². The molecule has 1 N–H and O–H groups in total. The number of halogens is 2. The summed E-state index contributed by atoms with van der Waals surface area (Å²) in [5.74, 6) is 0. The number of aliphatic hydroxyl groups is 1. The highest BCUT2D eigenvalue weighted by Crippen LogP contribution is 2.44. The molecule has 1 rings (SSSR count). The third kappa shape index (κ3) is 2.77. The molecule has 0 heterocycles. The number of rotatable bonds is 3. The van der Waals surface area contributed by atoms with Crippen molar-refractivity contribution in [3.8, 4) is 0 Å². The minimum absolute atomic E-state index is 0.610. The Morgan fingerprint density at radius 2 is 1.94 bits per heavy atom. The molecule has 2 atom stereocenters. The molecule has 90 valence electrons. The van der Waals surface area contributed by atoms with Gasteiger partial charge in [-0.15, -0.1) is 0 Å². The highest BCUT2D eigenvalue weighted by atomic mass is 127. The second-order valence-electron chi connectivity index (χ2n) is 3.59. The number of aliphatic hydroxyl groups excluding tert-OH is 1. The van der Waals surface area contributed by atoms with Gasteiger partial charge in [-0.3, -0.25) is 0 Å². The predicted molar refractivity (Wildman–Crippen MR) is 76.7 cm³/mol. The Kier molecular flexibility index (Phi) is 4.42. The molecule has 0 aliphatic heterocycles. The number of benzene rings is 1. The molecule has 0 aromatic heterocycles. The van der Waals surface area contributed by atoms with Crippen molar-refractivity contribution in [2.24, 2.45) is 0 Å². The van der Waals surface area contributed by atoms with Crippen molar-refractivity contribution in [2.75, 3.05) is 6.26 Å². The Morgan fingerprint density at radius 3 is 2.38 bits per heavy atom. The number of aryl methyl sites for hydroxylation is 1. The van der Waals surface area contributed by atoms with Gasteiger partial charge in [-0.05, 0) is 40.6 Å². The smallest absolute Gasteiger partial charge is 0.206 e. The van der Waals surface area contributed by atoms with Crippen molar-refractivity contribution in [3.05, 3.63) is 35.4 Å². The summed E-state index contributed by atoms with van der Waals surface area (Å²) in [6.45, 7) is 1.83. The molecule has 0 aliphatic rings. The van der Waals surface area contributed by atoms with Gasteiger partial charge in [0.25, 0.3) is 0 Å². The summed E-state index contributed by atoms with van der Waals surface area (Å²) < 4.78 is 21.7. The fraction of sp³-hybridized carbons (Fsp3) is 0.400. The maximum absolute atomic E-state index is 11.6. The van der Waals surface area contributed by atoms with Crippen LogP contribution in [0.15, 0.2) is 24.3 Å². The van der Waals surface area contributed by atoms with Crippen LogP contribution in [0.5, 0.6) is 0 Å². The largest absolute Gasteiger partial charge is 0.385 e. The summed E-state index contributed by atoms with van der Waals surface area (Å²) in [5, 5.41) is 10.1. The van der Waals surface area contributed by atoms with E-state index in [1.54, 1.807) is 34.7 Å². The van der Waals surface area contributed by atoms with Crippen LogP contribution in [0.25, 0.3) is 0 Å². The number of alkyl halides is 2. The predicted octanol–water partition coefficient (Wildman–Crippen LogP) is 2.56. The molecule has 1 aromatic carbocycles. The first-order valence-electron chi connectivity index (χ1n) is 4.49. The minimum Gasteiger partial charge on any atom is -0.385 e. The molecule has 0 fully saturated rings. The van der Waals surface area contributed by atoms with Crippen LogP contribution in [-0.2, 0) is 9.84 Å². The Bertz CT molecular complexity index is 485. The fourth-order valence-corrected chi connectivity index (χ4v) is 2.39. The molecule has 0 unspecified atom stereocenters. The van der Waals surface area contributed by atoms with Crippen molar-refractivity contribution in [2.45, 2.75) is 14.7 Å². The van der Waals surface area contributed by atoms with Crippen LogP contribution in [0.1, 0.15) is 17.2 Å². The lowest BCUT2D eigenvalue weighted by atomic mass is 10.1. The second kappa shape index (κ2) is 4.91. The maximum atomic E-state index is 11.6. The normalized spacial score (nSPS) is 17.8. The Labute approximate surface area is 117 Å². The van der Waals surface area contributed by atoms with Crippen LogP contribution in [0.3, 0.4) is 0 Å². The van der Waals surface area contributed by atoms with Crippen LogP contribution in [0.4, 0.5) is 0 Å². The topological polar surface area (TPSA) is 54.4 Å². The first-order chi connectivity index (χ1) is 7.18. The molecular weight excluding hydrogens is 407 g/mol.